The van der Waals surface area contributed by atoms with E-state index in [1.165, 1.54) is 6.42 Å². The zero-order chi connectivity index (χ0) is 28.4. The number of anilines is 2. The maximum Gasteiger partial charge on any atom is 0.278 e. The van der Waals surface area contributed by atoms with Gasteiger partial charge in [-0.3, -0.25) is 14.6 Å². The van der Waals surface area contributed by atoms with Gasteiger partial charge in [-0.25, -0.2) is 9.98 Å². The third-order valence-corrected chi connectivity index (χ3v) is 7.67. The van der Waals surface area contributed by atoms with E-state index < -0.39 is 0 Å². The number of hydrogen-bond acceptors (Lipinski definition) is 9. The molecule has 2 aromatic carbocycles. The number of ether oxygens (including phenoxy) is 3. The third kappa shape index (κ3) is 5.41. The number of amides is 1. The van der Waals surface area contributed by atoms with Crippen LogP contribution in [0.3, 0.4) is 0 Å². The van der Waals surface area contributed by atoms with Crippen molar-refractivity contribution in [3.05, 3.63) is 58.2 Å². The molecule has 2 aliphatic heterocycles. The first-order valence-corrected chi connectivity index (χ1v) is 13.6. The summed E-state index contributed by atoms with van der Waals surface area (Å²) in [5, 5.41) is 0.522. The number of halogens is 1. The SMILES string of the molecule is COc1cc(Cc2cnc(N=C3C(=O)N(CN4CCCCC4C)c4ccc(Cl)cc43)nc2N)cc(OC)c1OC. The molecule has 5 rings (SSSR count). The van der Waals surface area contributed by atoms with E-state index in [0.29, 0.717) is 52.5 Å². The van der Waals surface area contributed by atoms with Crippen molar-refractivity contribution in [2.45, 2.75) is 38.6 Å². The number of piperidine rings is 1. The van der Waals surface area contributed by atoms with Crippen LogP contribution < -0.4 is 24.8 Å². The average molecular weight is 565 g/mol. The highest BCUT2D eigenvalue weighted by Crippen LogP contribution is 2.39. The van der Waals surface area contributed by atoms with Crippen molar-refractivity contribution in [3.8, 4) is 17.2 Å². The summed E-state index contributed by atoms with van der Waals surface area (Å²) in [6.45, 7) is 3.64. The summed E-state index contributed by atoms with van der Waals surface area (Å²) in [5.74, 6) is 1.75. The molecule has 0 bridgehead atoms. The maximum absolute atomic E-state index is 13.6. The number of carbonyl (C=O) groups excluding carboxylic acids is 1. The summed E-state index contributed by atoms with van der Waals surface area (Å²) in [5.41, 5.74) is 9.58. The number of rotatable bonds is 8. The predicted molar refractivity (Wildman–Crippen MR) is 155 cm³/mol. The molecule has 2 N–H and O–H groups in total. The molecule has 0 radical (unpaired) electrons. The predicted octanol–water partition coefficient (Wildman–Crippen LogP) is 4.63. The molecule has 1 atom stereocenters. The van der Waals surface area contributed by atoms with Gasteiger partial charge in [-0.15, -0.1) is 0 Å². The molecule has 210 valence electrons. The number of carbonyl (C=O) groups is 1. The van der Waals surface area contributed by atoms with Crippen molar-refractivity contribution < 1.29 is 19.0 Å². The van der Waals surface area contributed by atoms with Crippen molar-refractivity contribution in [3.63, 3.8) is 0 Å². The lowest BCUT2D eigenvalue weighted by Gasteiger charge is -2.36. The highest BCUT2D eigenvalue weighted by Gasteiger charge is 2.36. The first-order chi connectivity index (χ1) is 19.3. The average Bonchev–Trinajstić information content (AvgIpc) is 3.20. The molecule has 0 saturated carbocycles. The molecule has 1 unspecified atom stereocenters. The van der Waals surface area contributed by atoms with Crippen LogP contribution in [-0.4, -0.2) is 67.1 Å². The summed E-state index contributed by atoms with van der Waals surface area (Å²) in [4.78, 5) is 31.1. The Kier molecular flexibility index (Phi) is 8.09. The van der Waals surface area contributed by atoms with E-state index in [1.54, 1.807) is 44.6 Å². The van der Waals surface area contributed by atoms with Gasteiger partial charge in [0.1, 0.15) is 11.5 Å². The number of hydrogen-bond donors (Lipinski definition) is 1. The van der Waals surface area contributed by atoms with Crippen LogP contribution in [0.5, 0.6) is 17.2 Å². The van der Waals surface area contributed by atoms with Crippen LogP contribution in [-0.2, 0) is 11.2 Å². The van der Waals surface area contributed by atoms with E-state index in [4.69, 9.17) is 31.5 Å². The summed E-state index contributed by atoms with van der Waals surface area (Å²) in [6.07, 6.45) is 5.50. The fourth-order valence-corrected chi connectivity index (χ4v) is 5.41. The Morgan fingerprint density at radius 3 is 2.50 bits per heavy atom. The van der Waals surface area contributed by atoms with Crippen LogP contribution in [0.25, 0.3) is 0 Å². The molecular formula is C29H33ClN6O4. The number of aromatic nitrogens is 2. The molecule has 3 aromatic rings. The molecule has 3 heterocycles. The highest BCUT2D eigenvalue weighted by molar-refractivity contribution is 6.55. The topological polar surface area (TPSA) is 115 Å². The van der Waals surface area contributed by atoms with Crippen LogP contribution in [0.4, 0.5) is 17.5 Å². The van der Waals surface area contributed by atoms with E-state index in [2.05, 4.69) is 26.8 Å². The lowest BCUT2D eigenvalue weighted by molar-refractivity contribution is -0.112. The lowest BCUT2D eigenvalue weighted by atomic mass is 10.0. The number of methoxy groups -OCH3 is 3. The van der Waals surface area contributed by atoms with Gasteiger partial charge in [0.05, 0.1) is 33.7 Å². The summed E-state index contributed by atoms with van der Waals surface area (Å²) in [7, 11) is 4.69. The number of aliphatic imine (C=N–C) groups is 1. The molecule has 2 aliphatic rings. The molecule has 1 saturated heterocycles. The number of nitrogen functional groups attached to an aromatic ring is 1. The largest absolute Gasteiger partial charge is 0.493 e. The van der Waals surface area contributed by atoms with E-state index in [1.807, 2.05) is 18.2 Å². The van der Waals surface area contributed by atoms with Gasteiger partial charge in [-0.2, -0.15) is 4.98 Å². The number of likely N-dealkylation sites (tertiary alicyclic amines) is 1. The number of benzene rings is 2. The van der Waals surface area contributed by atoms with E-state index in [-0.39, 0.29) is 23.4 Å². The quantitative estimate of drug-likeness (QED) is 0.421. The summed E-state index contributed by atoms with van der Waals surface area (Å²) >= 11 is 6.32. The Morgan fingerprint density at radius 2 is 1.85 bits per heavy atom. The van der Waals surface area contributed by atoms with Crippen LogP contribution in [0, 0.1) is 0 Å². The molecule has 1 fully saturated rings. The van der Waals surface area contributed by atoms with Crippen molar-refractivity contribution in [1.82, 2.24) is 14.9 Å². The van der Waals surface area contributed by atoms with E-state index in [0.717, 1.165) is 30.6 Å². The number of fused-ring (bicyclic) bond motifs is 1. The van der Waals surface area contributed by atoms with E-state index in [9.17, 15) is 4.79 Å². The van der Waals surface area contributed by atoms with Gasteiger partial charge in [0.25, 0.3) is 11.9 Å². The summed E-state index contributed by atoms with van der Waals surface area (Å²) in [6, 6.07) is 9.52. The second kappa shape index (κ2) is 11.7. The molecule has 1 aromatic heterocycles. The fraction of sp³-hybridized carbons (Fsp3) is 0.379. The van der Waals surface area contributed by atoms with Crippen LogP contribution in [0.2, 0.25) is 5.02 Å². The Morgan fingerprint density at radius 1 is 1.10 bits per heavy atom. The van der Waals surface area contributed by atoms with Crippen molar-refractivity contribution in [2.24, 2.45) is 4.99 Å². The molecule has 40 heavy (non-hydrogen) atoms. The van der Waals surface area contributed by atoms with Gasteiger partial charge in [0.2, 0.25) is 5.75 Å². The van der Waals surface area contributed by atoms with Gasteiger partial charge in [-0.05, 0) is 55.7 Å². The minimum atomic E-state index is -0.210. The first-order valence-electron chi connectivity index (χ1n) is 13.2. The van der Waals surface area contributed by atoms with Gasteiger partial charge < -0.3 is 19.9 Å². The van der Waals surface area contributed by atoms with Gasteiger partial charge in [0.15, 0.2) is 11.5 Å². The van der Waals surface area contributed by atoms with E-state index >= 15 is 0 Å². The van der Waals surface area contributed by atoms with Gasteiger partial charge >= 0.3 is 0 Å². The van der Waals surface area contributed by atoms with Crippen molar-refractivity contribution >= 4 is 40.7 Å². The minimum Gasteiger partial charge on any atom is -0.493 e. The Hall–Kier alpha value is -3.89. The molecule has 0 spiro atoms. The zero-order valence-electron chi connectivity index (χ0n) is 23.1. The maximum atomic E-state index is 13.6. The number of nitrogens with zero attached hydrogens (tertiary/aromatic N) is 5. The zero-order valence-corrected chi connectivity index (χ0v) is 23.9. The van der Waals surface area contributed by atoms with Crippen LogP contribution in [0.1, 0.15) is 42.9 Å². The first kappa shape index (κ1) is 27.7. The molecule has 11 heteroatoms. The van der Waals surface area contributed by atoms with Crippen molar-refractivity contribution in [2.75, 3.05) is 45.2 Å². The summed E-state index contributed by atoms with van der Waals surface area (Å²) < 4.78 is 16.3. The minimum absolute atomic E-state index is 0.105. The lowest BCUT2D eigenvalue weighted by Crippen LogP contribution is -2.47. The molecule has 10 nitrogen and oxygen atoms in total. The normalized spacial score (nSPS) is 18.2. The van der Waals surface area contributed by atoms with Gasteiger partial charge in [0, 0.05) is 41.4 Å². The Bertz CT molecular complexity index is 1440. The standard InChI is InChI=1S/C29H33ClN6O4/c1-17-7-5-6-10-35(17)16-36-22-9-8-20(30)14-21(22)25(28(36)37)33-29-32-15-19(27(31)34-29)11-18-12-23(38-2)26(40-4)24(13-18)39-3/h8-9,12-15,17H,5-7,10-11,16H2,1-4H3,(H2,31,32,34). The highest BCUT2D eigenvalue weighted by atomic mass is 35.5. The molecular weight excluding hydrogens is 532 g/mol. The Balaban J connectivity index is 1.43. The third-order valence-electron chi connectivity index (χ3n) is 7.43. The fourth-order valence-electron chi connectivity index (χ4n) is 5.24. The van der Waals surface area contributed by atoms with Gasteiger partial charge in [-0.1, -0.05) is 18.0 Å². The number of nitrogens with two attached hydrogens (primary N) is 1. The van der Waals surface area contributed by atoms with Crippen molar-refractivity contribution in [1.29, 1.82) is 0 Å². The van der Waals surface area contributed by atoms with Crippen LogP contribution in [0.15, 0.2) is 41.5 Å². The Labute approximate surface area is 238 Å². The second-order valence-corrected chi connectivity index (χ2v) is 10.4. The molecule has 1 amide bonds. The van der Waals surface area contributed by atoms with Crippen LogP contribution >= 0.6 is 11.6 Å². The molecule has 0 aliphatic carbocycles. The monoisotopic (exact) mass is 564 g/mol. The second-order valence-electron chi connectivity index (χ2n) is 9.94. The smallest absolute Gasteiger partial charge is 0.278 e.